The zero-order valence-corrected chi connectivity index (χ0v) is 15.2. The summed E-state index contributed by atoms with van der Waals surface area (Å²) >= 11 is 0. The molecule has 1 aromatic heterocycles. The molecule has 0 bridgehead atoms. The second-order valence-corrected chi connectivity index (χ2v) is 7.10. The van der Waals surface area contributed by atoms with E-state index in [2.05, 4.69) is 33.2 Å². The number of amides is 1. The molecule has 1 amide bonds. The molecular weight excluding hydrogens is 324 g/mol. The Labute approximate surface area is 153 Å². The second-order valence-electron chi connectivity index (χ2n) is 7.10. The van der Waals surface area contributed by atoms with Crippen molar-refractivity contribution in [1.82, 2.24) is 9.97 Å². The normalized spacial score (nSPS) is 17.5. The van der Waals surface area contributed by atoms with Crippen molar-refractivity contribution >= 4 is 28.6 Å². The first-order chi connectivity index (χ1) is 12.6. The summed E-state index contributed by atoms with van der Waals surface area (Å²) < 4.78 is 0. The van der Waals surface area contributed by atoms with Crippen molar-refractivity contribution in [2.24, 2.45) is 5.92 Å². The Kier molecular flexibility index (Phi) is 4.37. The van der Waals surface area contributed by atoms with Gasteiger partial charge in [0.1, 0.15) is 0 Å². The van der Waals surface area contributed by atoms with Crippen LogP contribution < -0.4 is 10.2 Å². The Bertz CT molecular complexity index is 913. The molecule has 4 rings (SSSR count). The molecule has 1 fully saturated rings. The number of nitrogens with one attached hydrogen (secondary N) is 2. The molecule has 1 unspecified atom stereocenters. The van der Waals surface area contributed by atoms with Crippen LogP contribution in [0.3, 0.4) is 0 Å². The first kappa shape index (κ1) is 16.6. The van der Waals surface area contributed by atoms with Crippen LogP contribution in [0.5, 0.6) is 0 Å². The van der Waals surface area contributed by atoms with Gasteiger partial charge in [-0.2, -0.15) is 0 Å². The number of benzene rings is 2. The SMILES string of the molecule is Cc1cccc(NC(=O)C2CCCN(c3nc4ccccc4[nH]3)C2)c1C. The molecular formula is C21H24N4O. The number of aromatic amines is 1. The maximum absolute atomic E-state index is 12.8. The number of H-pyrrole nitrogens is 1. The fraction of sp³-hybridized carbons (Fsp3) is 0.333. The number of carbonyl (C=O) groups excluding carboxylic acids is 1. The van der Waals surface area contributed by atoms with Crippen LogP contribution in [-0.4, -0.2) is 29.0 Å². The lowest BCUT2D eigenvalue weighted by atomic mass is 9.97. The Morgan fingerprint density at radius 1 is 1.19 bits per heavy atom. The highest BCUT2D eigenvalue weighted by atomic mass is 16.1. The molecule has 0 saturated carbocycles. The number of aryl methyl sites for hydroxylation is 1. The van der Waals surface area contributed by atoms with Crippen LogP contribution in [0, 0.1) is 19.8 Å². The van der Waals surface area contributed by atoms with E-state index in [0.29, 0.717) is 6.54 Å². The Hall–Kier alpha value is -2.82. The molecule has 0 radical (unpaired) electrons. The summed E-state index contributed by atoms with van der Waals surface area (Å²) in [5.74, 6) is 0.923. The van der Waals surface area contributed by atoms with Gasteiger partial charge in [-0.1, -0.05) is 24.3 Å². The molecule has 1 atom stereocenters. The topological polar surface area (TPSA) is 61.0 Å². The van der Waals surface area contributed by atoms with Crippen molar-refractivity contribution in [2.45, 2.75) is 26.7 Å². The van der Waals surface area contributed by atoms with Crippen molar-refractivity contribution in [3.8, 4) is 0 Å². The van der Waals surface area contributed by atoms with Crippen LogP contribution in [0.25, 0.3) is 11.0 Å². The minimum atomic E-state index is -0.0307. The van der Waals surface area contributed by atoms with Gasteiger partial charge in [0.2, 0.25) is 11.9 Å². The van der Waals surface area contributed by atoms with E-state index in [0.717, 1.165) is 47.6 Å². The van der Waals surface area contributed by atoms with E-state index in [-0.39, 0.29) is 11.8 Å². The highest BCUT2D eigenvalue weighted by Gasteiger charge is 2.27. The number of rotatable bonds is 3. The molecule has 134 valence electrons. The number of hydrogen-bond acceptors (Lipinski definition) is 3. The van der Waals surface area contributed by atoms with Crippen molar-refractivity contribution < 1.29 is 4.79 Å². The van der Waals surface area contributed by atoms with Crippen LogP contribution in [0.4, 0.5) is 11.6 Å². The number of piperidine rings is 1. The minimum Gasteiger partial charge on any atom is -0.342 e. The molecule has 3 aromatic rings. The smallest absolute Gasteiger partial charge is 0.229 e. The van der Waals surface area contributed by atoms with Crippen molar-refractivity contribution in [3.63, 3.8) is 0 Å². The number of nitrogens with zero attached hydrogens (tertiary/aromatic N) is 2. The number of anilines is 2. The van der Waals surface area contributed by atoms with Crippen LogP contribution in [0.1, 0.15) is 24.0 Å². The third kappa shape index (κ3) is 3.17. The van der Waals surface area contributed by atoms with E-state index in [1.54, 1.807) is 0 Å². The van der Waals surface area contributed by atoms with Gasteiger partial charge >= 0.3 is 0 Å². The monoisotopic (exact) mass is 348 g/mol. The molecule has 26 heavy (non-hydrogen) atoms. The standard InChI is InChI=1S/C21H24N4O/c1-14-7-5-11-17(15(14)2)22-20(26)16-8-6-12-25(13-16)21-23-18-9-3-4-10-19(18)24-21/h3-5,7,9-11,16H,6,8,12-13H2,1-2H3,(H,22,26)(H,23,24). The number of carbonyl (C=O) groups is 1. The van der Waals surface area contributed by atoms with E-state index in [1.807, 2.05) is 43.3 Å². The zero-order valence-electron chi connectivity index (χ0n) is 15.2. The molecule has 1 aliphatic heterocycles. The minimum absolute atomic E-state index is 0.0307. The lowest BCUT2D eigenvalue weighted by molar-refractivity contribution is -0.120. The summed E-state index contributed by atoms with van der Waals surface area (Å²) in [4.78, 5) is 23.1. The lowest BCUT2D eigenvalue weighted by Crippen LogP contribution is -2.41. The average molecular weight is 348 g/mol. The van der Waals surface area contributed by atoms with Crippen molar-refractivity contribution in [1.29, 1.82) is 0 Å². The van der Waals surface area contributed by atoms with Crippen LogP contribution in [0.15, 0.2) is 42.5 Å². The van der Waals surface area contributed by atoms with Gasteiger partial charge in [-0.3, -0.25) is 4.79 Å². The van der Waals surface area contributed by atoms with E-state index in [4.69, 9.17) is 0 Å². The number of imidazole rings is 1. The molecule has 2 N–H and O–H groups in total. The molecule has 2 aromatic carbocycles. The maximum Gasteiger partial charge on any atom is 0.229 e. The predicted octanol–water partition coefficient (Wildman–Crippen LogP) is 4.03. The molecule has 0 spiro atoms. The van der Waals surface area contributed by atoms with E-state index < -0.39 is 0 Å². The van der Waals surface area contributed by atoms with Gasteiger partial charge in [0.15, 0.2) is 0 Å². The third-order valence-electron chi connectivity index (χ3n) is 5.33. The Morgan fingerprint density at radius 3 is 2.88 bits per heavy atom. The van der Waals surface area contributed by atoms with Crippen LogP contribution in [0.2, 0.25) is 0 Å². The highest BCUT2D eigenvalue weighted by molar-refractivity contribution is 5.94. The maximum atomic E-state index is 12.8. The van der Waals surface area contributed by atoms with Gasteiger partial charge in [-0.05, 0) is 56.0 Å². The van der Waals surface area contributed by atoms with Gasteiger partial charge in [-0.25, -0.2) is 4.98 Å². The van der Waals surface area contributed by atoms with E-state index in [9.17, 15) is 4.79 Å². The molecule has 2 heterocycles. The third-order valence-corrected chi connectivity index (χ3v) is 5.33. The summed E-state index contributed by atoms with van der Waals surface area (Å²) in [7, 11) is 0. The fourth-order valence-electron chi connectivity index (χ4n) is 3.59. The number of aromatic nitrogens is 2. The first-order valence-electron chi connectivity index (χ1n) is 9.18. The predicted molar refractivity (Wildman–Crippen MR) is 106 cm³/mol. The quantitative estimate of drug-likeness (QED) is 0.751. The number of fused-ring (bicyclic) bond motifs is 1. The molecule has 1 saturated heterocycles. The zero-order chi connectivity index (χ0) is 18.1. The first-order valence-corrected chi connectivity index (χ1v) is 9.18. The summed E-state index contributed by atoms with van der Waals surface area (Å²) in [5, 5.41) is 3.12. The van der Waals surface area contributed by atoms with Gasteiger partial charge in [0, 0.05) is 18.8 Å². The van der Waals surface area contributed by atoms with Gasteiger partial charge in [0.25, 0.3) is 0 Å². The molecule has 0 aliphatic carbocycles. The summed E-state index contributed by atoms with van der Waals surface area (Å²) in [5.41, 5.74) is 5.23. The van der Waals surface area contributed by atoms with Gasteiger partial charge < -0.3 is 15.2 Å². The Balaban J connectivity index is 1.49. The van der Waals surface area contributed by atoms with Crippen molar-refractivity contribution in [3.05, 3.63) is 53.6 Å². The number of hydrogen-bond donors (Lipinski definition) is 2. The summed E-state index contributed by atoms with van der Waals surface area (Å²) in [6, 6.07) is 14.0. The second kappa shape index (κ2) is 6.83. The summed E-state index contributed by atoms with van der Waals surface area (Å²) in [6.07, 6.45) is 1.90. The van der Waals surface area contributed by atoms with Gasteiger partial charge in [-0.15, -0.1) is 0 Å². The van der Waals surface area contributed by atoms with E-state index in [1.165, 1.54) is 5.56 Å². The Morgan fingerprint density at radius 2 is 2.04 bits per heavy atom. The molecule has 1 aliphatic rings. The largest absolute Gasteiger partial charge is 0.342 e. The van der Waals surface area contributed by atoms with Gasteiger partial charge in [0.05, 0.1) is 17.0 Å². The summed E-state index contributed by atoms with van der Waals surface area (Å²) in [6.45, 7) is 5.73. The van der Waals surface area contributed by atoms with Crippen molar-refractivity contribution in [2.75, 3.05) is 23.3 Å². The van der Waals surface area contributed by atoms with E-state index >= 15 is 0 Å². The molecule has 5 heteroatoms. The molecule has 5 nitrogen and oxygen atoms in total. The lowest BCUT2D eigenvalue weighted by Gasteiger charge is -2.31. The average Bonchev–Trinajstić information content (AvgIpc) is 3.10. The highest BCUT2D eigenvalue weighted by Crippen LogP contribution is 2.25. The van der Waals surface area contributed by atoms with Crippen LogP contribution in [-0.2, 0) is 4.79 Å². The van der Waals surface area contributed by atoms with Crippen LogP contribution >= 0.6 is 0 Å². The fourth-order valence-corrected chi connectivity index (χ4v) is 3.59. The number of para-hydroxylation sites is 2.